The molecule has 3 heteroatoms. The van der Waals surface area contributed by atoms with Crippen molar-refractivity contribution >= 4 is 6.16 Å². The largest absolute Gasteiger partial charge is 0.508 e. The second-order valence-corrected chi connectivity index (χ2v) is 3.63. The molecule has 0 aromatic rings. The van der Waals surface area contributed by atoms with Crippen molar-refractivity contribution in [1.29, 1.82) is 0 Å². The van der Waals surface area contributed by atoms with Crippen LogP contribution in [0.2, 0.25) is 0 Å². The maximum absolute atomic E-state index is 10.7. The summed E-state index contributed by atoms with van der Waals surface area (Å²) in [5.74, 6) is 0. The molecule has 0 heterocycles. The fourth-order valence-electron chi connectivity index (χ4n) is 1.62. The summed E-state index contributed by atoms with van der Waals surface area (Å²) in [6, 6.07) is 0. The van der Waals surface area contributed by atoms with Crippen LogP contribution in [0.3, 0.4) is 0 Å². The maximum atomic E-state index is 10.7. The van der Waals surface area contributed by atoms with Crippen LogP contribution in [-0.2, 0) is 9.47 Å². The van der Waals surface area contributed by atoms with Gasteiger partial charge in [0.1, 0.15) is 6.61 Å². The monoisotopic (exact) mass is 210 g/mol. The standard InChI is InChI=1S/C12H18O3/c1-10(8-9-15-12(13)14-2)11-6-4-3-5-7-11/h6,8H,3-5,7,9H2,1-2H3. The lowest BCUT2D eigenvalue weighted by Crippen LogP contribution is -2.04. The van der Waals surface area contributed by atoms with Crippen LogP contribution in [0.4, 0.5) is 4.79 Å². The summed E-state index contributed by atoms with van der Waals surface area (Å²) in [6.45, 7) is 2.34. The van der Waals surface area contributed by atoms with E-state index in [0.29, 0.717) is 0 Å². The maximum Gasteiger partial charge on any atom is 0.508 e. The molecule has 1 aliphatic carbocycles. The van der Waals surface area contributed by atoms with Gasteiger partial charge in [0.15, 0.2) is 0 Å². The van der Waals surface area contributed by atoms with Gasteiger partial charge in [-0.15, -0.1) is 0 Å². The molecular weight excluding hydrogens is 192 g/mol. The smallest absolute Gasteiger partial charge is 0.438 e. The highest BCUT2D eigenvalue weighted by Crippen LogP contribution is 2.23. The van der Waals surface area contributed by atoms with E-state index in [1.54, 1.807) is 0 Å². The van der Waals surface area contributed by atoms with Crippen molar-refractivity contribution in [3.63, 3.8) is 0 Å². The zero-order valence-electron chi connectivity index (χ0n) is 9.41. The highest BCUT2D eigenvalue weighted by molar-refractivity contribution is 5.59. The van der Waals surface area contributed by atoms with E-state index in [4.69, 9.17) is 4.74 Å². The minimum atomic E-state index is -0.628. The lowest BCUT2D eigenvalue weighted by atomic mass is 9.94. The van der Waals surface area contributed by atoms with Crippen LogP contribution in [0.15, 0.2) is 23.3 Å². The molecule has 0 unspecified atom stereocenters. The first-order valence-electron chi connectivity index (χ1n) is 5.31. The van der Waals surface area contributed by atoms with Gasteiger partial charge in [0, 0.05) is 0 Å². The Morgan fingerprint density at radius 2 is 2.33 bits per heavy atom. The van der Waals surface area contributed by atoms with Crippen molar-refractivity contribution in [2.24, 2.45) is 0 Å². The molecule has 0 saturated heterocycles. The summed E-state index contributed by atoms with van der Waals surface area (Å²) >= 11 is 0. The van der Waals surface area contributed by atoms with Gasteiger partial charge >= 0.3 is 6.16 Å². The summed E-state index contributed by atoms with van der Waals surface area (Å²) in [4.78, 5) is 10.7. The van der Waals surface area contributed by atoms with E-state index in [0.717, 1.165) is 6.42 Å². The van der Waals surface area contributed by atoms with Crippen LogP contribution in [-0.4, -0.2) is 19.9 Å². The molecule has 84 valence electrons. The summed E-state index contributed by atoms with van der Waals surface area (Å²) in [5, 5.41) is 0. The quantitative estimate of drug-likeness (QED) is 0.671. The number of hydrogen-bond acceptors (Lipinski definition) is 3. The number of carbonyl (C=O) groups is 1. The Balaban J connectivity index is 2.38. The van der Waals surface area contributed by atoms with Crippen LogP contribution in [0, 0.1) is 0 Å². The summed E-state index contributed by atoms with van der Waals surface area (Å²) in [7, 11) is 1.31. The normalized spacial score (nSPS) is 16.9. The Labute approximate surface area is 90.8 Å². The van der Waals surface area contributed by atoms with Gasteiger partial charge in [-0.25, -0.2) is 4.79 Å². The van der Waals surface area contributed by atoms with Crippen molar-refractivity contribution in [1.82, 2.24) is 0 Å². The second-order valence-electron chi connectivity index (χ2n) is 3.63. The third kappa shape index (κ3) is 4.19. The third-order valence-corrected chi connectivity index (χ3v) is 2.55. The van der Waals surface area contributed by atoms with Gasteiger partial charge in [-0.05, 0) is 49.8 Å². The molecule has 0 radical (unpaired) electrons. The van der Waals surface area contributed by atoms with E-state index in [2.05, 4.69) is 17.7 Å². The Morgan fingerprint density at radius 1 is 1.53 bits per heavy atom. The number of allylic oxidation sites excluding steroid dienone is 3. The minimum absolute atomic E-state index is 0.288. The molecular formula is C12H18O3. The van der Waals surface area contributed by atoms with Gasteiger partial charge in [0.25, 0.3) is 0 Å². The molecule has 0 saturated carbocycles. The minimum Gasteiger partial charge on any atom is -0.438 e. The van der Waals surface area contributed by atoms with Gasteiger partial charge in [-0.3, -0.25) is 0 Å². The molecule has 0 aromatic heterocycles. The molecule has 0 fully saturated rings. The second kappa shape index (κ2) is 6.27. The SMILES string of the molecule is COC(=O)OCC=C(C)C1=CCCCC1. The van der Waals surface area contributed by atoms with Crippen LogP contribution in [0.5, 0.6) is 0 Å². The number of hydrogen-bond donors (Lipinski definition) is 0. The Hall–Kier alpha value is -1.25. The first-order valence-corrected chi connectivity index (χ1v) is 5.31. The Bertz CT molecular complexity index is 277. The third-order valence-electron chi connectivity index (χ3n) is 2.55. The van der Waals surface area contributed by atoms with E-state index in [-0.39, 0.29) is 6.61 Å². The van der Waals surface area contributed by atoms with Crippen LogP contribution >= 0.6 is 0 Å². The number of ether oxygens (including phenoxy) is 2. The van der Waals surface area contributed by atoms with E-state index in [9.17, 15) is 4.79 Å². The summed E-state index contributed by atoms with van der Waals surface area (Å²) < 4.78 is 9.16. The van der Waals surface area contributed by atoms with Gasteiger partial charge in [0.05, 0.1) is 7.11 Å². The topological polar surface area (TPSA) is 35.5 Å². The molecule has 0 aromatic carbocycles. The molecule has 3 nitrogen and oxygen atoms in total. The average molecular weight is 210 g/mol. The number of methoxy groups -OCH3 is 1. The first-order chi connectivity index (χ1) is 7.24. The highest BCUT2D eigenvalue weighted by atomic mass is 16.7. The van der Waals surface area contributed by atoms with Gasteiger partial charge in [-0.1, -0.05) is 6.08 Å². The number of rotatable bonds is 3. The molecule has 0 N–H and O–H groups in total. The first kappa shape index (κ1) is 11.8. The van der Waals surface area contributed by atoms with Crippen molar-refractivity contribution in [2.45, 2.75) is 32.6 Å². The zero-order chi connectivity index (χ0) is 11.1. The average Bonchev–Trinajstić information content (AvgIpc) is 2.29. The van der Waals surface area contributed by atoms with E-state index >= 15 is 0 Å². The van der Waals surface area contributed by atoms with E-state index < -0.39 is 6.16 Å². The predicted octanol–water partition coefficient (Wildman–Crippen LogP) is 3.22. The van der Waals surface area contributed by atoms with E-state index in [1.807, 2.05) is 6.08 Å². The van der Waals surface area contributed by atoms with Crippen LogP contribution in [0.1, 0.15) is 32.6 Å². The summed E-state index contributed by atoms with van der Waals surface area (Å²) in [6.07, 6.45) is 8.42. The molecule has 0 aliphatic heterocycles. The van der Waals surface area contributed by atoms with Crippen LogP contribution < -0.4 is 0 Å². The lowest BCUT2D eigenvalue weighted by Gasteiger charge is -2.13. The molecule has 0 amide bonds. The van der Waals surface area contributed by atoms with Crippen molar-refractivity contribution < 1.29 is 14.3 Å². The molecule has 1 aliphatic rings. The lowest BCUT2D eigenvalue weighted by molar-refractivity contribution is 0.0817. The molecule has 1 rings (SSSR count). The fourth-order valence-corrected chi connectivity index (χ4v) is 1.62. The number of carbonyl (C=O) groups excluding carboxylic acids is 1. The fraction of sp³-hybridized carbons (Fsp3) is 0.583. The van der Waals surface area contributed by atoms with Gasteiger partial charge in [0.2, 0.25) is 0 Å². The highest BCUT2D eigenvalue weighted by Gasteiger charge is 2.05. The zero-order valence-corrected chi connectivity index (χ0v) is 9.41. The van der Waals surface area contributed by atoms with Crippen molar-refractivity contribution in [3.05, 3.63) is 23.3 Å². The molecule has 0 spiro atoms. The Kier molecular flexibility index (Phi) is 4.95. The van der Waals surface area contributed by atoms with Gasteiger partial charge < -0.3 is 9.47 Å². The molecule has 0 bridgehead atoms. The summed E-state index contributed by atoms with van der Waals surface area (Å²) in [5.41, 5.74) is 2.59. The van der Waals surface area contributed by atoms with Crippen molar-refractivity contribution in [2.75, 3.05) is 13.7 Å². The predicted molar refractivity (Wildman–Crippen MR) is 58.7 cm³/mol. The van der Waals surface area contributed by atoms with Crippen molar-refractivity contribution in [3.8, 4) is 0 Å². The molecule has 0 atom stereocenters. The van der Waals surface area contributed by atoms with Crippen LogP contribution in [0.25, 0.3) is 0 Å². The van der Waals surface area contributed by atoms with E-state index in [1.165, 1.54) is 37.5 Å². The Morgan fingerprint density at radius 3 is 2.93 bits per heavy atom. The molecule has 15 heavy (non-hydrogen) atoms. The van der Waals surface area contributed by atoms with Gasteiger partial charge in [-0.2, -0.15) is 0 Å².